The average Bonchev–Trinajstić information content (AvgIpc) is 2.46. The first-order valence-electron chi connectivity index (χ1n) is 6.42. The summed E-state index contributed by atoms with van der Waals surface area (Å²) >= 11 is 6.77. The van der Waals surface area contributed by atoms with E-state index in [2.05, 4.69) is 37.2 Å². The maximum absolute atomic E-state index is 12.2. The Morgan fingerprint density at radius 2 is 1.83 bits per heavy atom. The van der Waals surface area contributed by atoms with Crippen molar-refractivity contribution in [1.29, 1.82) is 0 Å². The number of anilines is 2. The third kappa shape index (κ3) is 5.24. The number of amides is 1. The van der Waals surface area contributed by atoms with Crippen molar-refractivity contribution in [3.05, 3.63) is 57.0 Å². The lowest BCUT2D eigenvalue weighted by atomic mass is 10.2. The van der Waals surface area contributed by atoms with E-state index in [1.54, 1.807) is 12.1 Å². The highest BCUT2D eigenvalue weighted by Gasteiger charge is 2.38. The predicted molar refractivity (Wildman–Crippen MR) is 90.3 cm³/mol. The van der Waals surface area contributed by atoms with Crippen molar-refractivity contribution < 1.29 is 18.0 Å². The molecule has 2 aromatic carbocycles. The fraction of sp³-hybridized carbons (Fsp3) is 0.133. The molecule has 0 aromatic heterocycles. The highest BCUT2D eigenvalue weighted by molar-refractivity contribution is 9.11. The third-order valence-electron chi connectivity index (χ3n) is 2.86. The van der Waals surface area contributed by atoms with Crippen LogP contribution in [0, 0.1) is 0 Å². The minimum Gasteiger partial charge on any atom is -0.380 e. The Morgan fingerprint density at radius 3 is 2.48 bits per heavy atom. The minimum atomic E-state index is -4.91. The van der Waals surface area contributed by atoms with Crippen molar-refractivity contribution >= 4 is 49.1 Å². The fourth-order valence-corrected chi connectivity index (χ4v) is 2.98. The van der Waals surface area contributed by atoms with Gasteiger partial charge in [-0.25, -0.2) is 0 Å². The Hall–Kier alpha value is -1.54. The van der Waals surface area contributed by atoms with Gasteiger partial charge in [0.15, 0.2) is 0 Å². The number of carbonyl (C=O) groups excluding carboxylic acids is 1. The third-order valence-corrected chi connectivity index (χ3v) is 4.01. The summed E-state index contributed by atoms with van der Waals surface area (Å²) in [5.74, 6) is -1.99. The standard InChI is InChI=1S/C15H11Br2F3N2O/c16-10-4-5-13(12(17)7-10)21-8-9-2-1-3-11(6-9)22-14(23)15(18,19)20/h1-7,21H,8H2,(H,22,23). The summed E-state index contributed by atoms with van der Waals surface area (Å²) in [6, 6.07) is 11.8. The number of halogens is 5. The van der Waals surface area contributed by atoms with Gasteiger partial charge in [-0.05, 0) is 51.8 Å². The molecule has 0 saturated carbocycles. The number of benzene rings is 2. The molecule has 0 heterocycles. The number of hydrogen-bond donors (Lipinski definition) is 2. The molecule has 2 rings (SSSR count). The van der Waals surface area contributed by atoms with E-state index in [1.807, 2.05) is 23.5 Å². The molecular formula is C15H11Br2F3N2O. The van der Waals surface area contributed by atoms with E-state index in [0.717, 1.165) is 20.2 Å². The molecule has 2 N–H and O–H groups in total. The first kappa shape index (κ1) is 17.8. The van der Waals surface area contributed by atoms with Gasteiger partial charge >= 0.3 is 12.1 Å². The molecule has 3 nitrogen and oxygen atoms in total. The van der Waals surface area contributed by atoms with Gasteiger partial charge < -0.3 is 10.6 Å². The van der Waals surface area contributed by atoms with Crippen LogP contribution in [-0.4, -0.2) is 12.1 Å². The highest BCUT2D eigenvalue weighted by atomic mass is 79.9. The average molecular weight is 452 g/mol. The molecule has 8 heteroatoms. The van der Waals surface area contributed by atoms with Crippen LogP contribution < -0.4 is 10.6 Å². The van der Waals surface area contributed by atoms with Crippen molar-refractivity contribution in [2.24, 2.45) is 0 Å². The summed E-state index contributed by atoms with van der Waals surface area (Å²) in [5.41, 5.74) is 1.68. The number of rotatable bonds is 4. The number of carbonyl (C=O) groups is 1. The van der Waals surface area contributed by atoms with Gasteiger partial charge in [-0.1, -0.05) is 28.1 Å². The second kappa shape index (κ2) is 7.35. The van der Waals surface area contributed by atoms with E-state index in [4.69, 9.17) is 0 Å². The van der Waals surface area contributed by atoms with Gasteiger partial charge in [0, 0.05) is 26.9 Å². The Balaban J connectivity index is 2.04. The number of nitrogens with one attached hydrogen (secondary N) is 2. The summed E-state index contributed by atoms with van der Waals surface area (Å²) in [5, 5.41) is 5.00. The zero-order chi connectivity index (χ0) is 17.0. The molecule has 1 amide bonds. The van der Waals surface area contributed by atoms with Crippen LogP contribution in [-0.2, 0) is 11.3 Å². The largest absolute Gasteiger partial charge is 0.471 e. The zero-order valence-corrected chi connectivity index (χ0v) is 14.7. The summed E-state index contributed by atoms with van der Waals surface area (Å²) in [6.45, 7) is 0.399. The molecular weight excluding hydrogens is 441 g/mol. The van der Waals surface area contributed by atoms with Crippen LogP contribution in [0.2, 0.25) is 0 Å². The molecule has 0 unspecified atom stereocenters. The number of hydrogen-bond acceptors (Lipinski definition) is 2. The van der Waals surface area contributed by atoms with Gasteiger partial charge in [-0.15, -0.1) is 0 Å². The highest BCUT2D eigenvalue weighted by Crippen LogP contribution is 2.27. The van der Waals surface area contributed by atoms with Gasteiger partial charge in [0.1, 0.15) is 0 Å². The molecule has 0 bridgehead atoms. The van der Waals surface area contributed by atoms with Gasteiger partial charge in [0.25, 0.3) is 0 Å². The van der Waals surface area contributed by atoms with E-state index in [-0.39, 0.29) is 5.69 Å². The molecule has 0 spiro atoms. The molecule has 0 saturated heterocycles. The maximum atomic E-state index is 12.2. The molecule has 0 atom stereocenters. The normalized spacial score (nSPS) is 11.2. The van der Waals surface area contributed by atoms with Crippen molar-refractivity contribution in [2.75, 3.05) is 10.6 Å². The second-order valence-corrected chi connectivity index (χ2v) is 6.40. The van der Waals surface area contributed by atoms with Gasteiger partial charge in [-0.3, -0.25) is 4.79 Å². The van der Waals surface area contributed by atoms with E-state index >= 15 is 0 Å². The lowest BCUT2D eigenvalue weighted by molar-refractivity contribution is -0.167. The monoisotopic (exact) mass is 450 g/mol. The summed E-state index contributed by atoms with van der Waals surface area (Å²) in [4.78, 5) is 10.9. The quantitative estimate of drug-likeness (QED) is 0.660. The van der Waals surface area contributed by atoms with Crippen LogP contribution >= 0.6 is 31.9 Å². The summed E-state index contributed by atoms with van der Waals surface area (Å²) in [6.07, 6.45) is -4.91. The Morgan fingerprint density at radius 1 is 1.09 bits per heavy atom. The van der Waals surface area contributed by atoms with Crippen LogP contribution in [0.4, 0.5) is 24.5 Å². The van der Waals surface area contributed by atoms with Gasteiger partial charge in [0.05, 0.1) is 0 Å². The fourth-order valence-electron chi connectivity index (χ4n) is 1.79. The van der Waals surface area contributed by atoms with E-state index in [9.17, 15) is 18.0 Å². The second-order valence-electron chi connectivity index (χ2n) is 4.63. The Kier molecular flexibility index (Phi) is 5.69. The molecule has 0 aliphatic rings. The molecule has 0 radical (unpaired) electrons. The SMILES string of the molecule is O=C(Nc1cccc(CNc2ccc(Br)cc2Br)c1)C(F)(F)F. The lowest BCUT2D eigenvalue weighted by Crippen LogP contribution is -2.29. The first-order valence-corrected chi connectivity index (χ1v) is 8.00. The summed E-state index contributed by atoms with van der Waals surface area (Å²) in [7, 11) is 0. The van der Waals surface area contributed by atoms with Crippen LogP contribution in [0.1, 0.15) is 5.56 Å². The van der Waals surface area contributed by atoms with Crippen LogP contribution in [0.3, 0.4) is 0 Å². The van der Waals surface area contributed by atoms with Crippen LogP contribution in [0.15, 0.2) is 51.4 Å². The van der Waals surface area contributed by atoms with E-state index in [0.29, 0.717) is 6.54 Å². The molecule has 0 aliphatic heterocycles. The molecule has 23 heavy (non-hydrogen) atoms. The van der Waals surface area contributed by atoms with E-state index < -0.39 is 12.1 Å². The van der Waals surface area contributed by atoms with E-state index in [1.165, 1.54) is 12.1 Å². The molecule has 2 aromatic rings. The topological polar surface area (TPSA) is 41.1 Å². The van der Waals surface area contributed by atoms with Crippen LogP contribution in [0.25, 0.3) is 0 Å². The molecule has 0 aliphatic carbocycles. The van der Waals surface area contributed by atoms with Crippen LogP contribution in [0.5, 0.6) is 0 Å². The zero-order valence-electron chi connectivity index (χ0n) is 11.5. The Labute approximate surface area is 147 Å². The van der Waals surface area contributed by atoms with Crippen molar-refractivity contribution in [3.8, 4) is 0 Å². The maximum Gasteiger partial charge on any atom is 0.471 e. The molecule has 0 fully saturated rings. The minimum absolute atomic E-state index is 0.0986. The van der Waals surface area contributed by atoms with Crippen molar-refractivity contribution in [1.82, 2.24) is 0 Å². The smallest absolute Gasteiger partial charge is 0.380 e. The Bertz CT molecular complexity index is 720. The number of alkyl halides is 3. The predicted octanol–water partition coefficient (Wildman–Crippen LogP) is 5.32. The lowest BCUT2D eigenvalue weighted by Gasteiger charge is -2.11. The van der Waals surface area contributed by atoms with Gasteiger partial charge in [-0.2, -0.15) is 13.2 Å². The summed E-state index contributed by atoms with van der Waals surface area (Å²) < 4.78 is 38.5. The first-order chi connectivity index (χ1) is 10.8. The molecule has 122 valence electrons. The van der Waals surface area contributed by atoms with Gasteiger partial charge in [0.2, 0.25) is 0 Å². The van der Waals surface area contributed by atoms with Crippen molar-refractivity contribution in [3.63, 3.8) is 0 Å². The van der Waals surface area contributed by atoms with Crippen molar-refractivity contribution in [2.45, 2.75) is 12.7 Å².